The monoisotopic (exact) mass is 566 g/mol. The molecule has 11 heteroatoms. The summed E-state index contributed by atoms with van der Waals surface area (Å²) in [6.45, 7) is 6.11. The van der Waals surface area contributed by atoms with E-state index in [9.17, 15) is 9.59 Å². The van der Waals surface area contributed by atoms with Gasteiger partial charge < -0.3 is 16.0 Å². The second kappa shape index (κ2) is 9.87. The first-order chi connectivity index (χ1) is 18.5. The van der Waals surface area contributed by atoms with Crippen LogP contribution in [0.15, 0.2) is 48.8 Å². The van der Waals surface area contributed by atoms with E-state index < -0.39 is 35.1 Å². The average molecular weight is 567 g/mol. The van der Waals surface area contributed by atoms with Gasteiger partial charge in [0.1, 0.15) is 17.3 Å². The van der Waals surface area contributed by atoms with Crippen LogP contribution in [0, 0.1) is 22.6 Å². The molecule has 1 fully saturated rings. The number of amides is 2. The van der Waals surface area contributed by atoms with E-state index in [-0.39, 0.29) is 33.4 Å². The highest BCUT2D eigenvalue weighted by Crippen LogP contribution is 2.57. The summed E-state index contributed by atoms with van der Waals surface area (Å²) in [6, 6.07) is 9.90. The number of nitriles is 1. The number of nitrogens with zero attached hydrogens (tertiary/aromatic N) is 3. The number of aromatic nitrogens is 2. The van der Waals surface area contributed by atoms with Crippen LogP contribution in [0.5, 0.6) is 0 Å². The average Bonchev–Trinajstić information content (AvgIpc) is 3.35. The van der Waals surface area contributed by atoms with E-state index in [1.54, 1.807) is 30.3 Å². The first-order valence-corrected chi connectivity index (χ1v) is 13.1. The van der Waals surface area contributed by atoms with Crippen LogP contribution in [0.1, 0.15) is 50.1 Å². The molecule has 1 aromatic heterocycles. The smallest absolute Gasteiger partial charge is 0.242 e. The maximum absolute atomic E-state index is 15.8. The van der Waals surface area contributed by atoms with Crippen LogP contribution in [0.3, 0.4) is 0 Å². The molecule has 2 aliphatic heterocycles. The van der Waals surface area contributed by atoms with Gasteiger partial charge in [-0.15, -0.1) is 0 Å². The SMILES string of the molecule is CC(C)(C)CC1NC(C(=O)Nc2cnc(C#N)nc2)C(c2cccc(Cl)c2F)C12C(=O)Nc1cc(Cl)ccc12. The van der Waals surface area contributed by atoms with E-state index in [4.69, 9.17) is 28.5 Å². The molecule has 0 radical (unpaired) electrons. The maximum Gasteiger partial charge on any atom is 0.242 e. The van der Waals surface area contributed by atoms with Gasteiger partial charge in [0.05, 0.1) is 29.1 Å². The van der Waals surface area contributed by atoms with Crippen molar-refractivity contribution in [3.05, 3.63) is 81.6 Å². The number of hydrogen-bond acceptors (Lipinski definition) is 6. The predicted molar refractivity (Wildman–Crippen MR) is 146 cm³/mol. The zero-order valence-electron chi connectivity index (χ0n) is 21.3. The van der Waals surface area contributed by atoms with Crippen molar-refractivity contribution < 1.29 is 14.0 Å². The molecule has 3 aromatic rings. The van der Waals surface area contributed by atoms with Crippen LogP contribution in [-0.2, 0) is 15.0 Å². The largest absolute Gasteiger partial charge is 0.325 e. The Balaban J connectivity index is 1.71. The number of carbonyl (C=O) groups is 2. The minimum atomic E-state index is -1.36. The van der Waals surface area contributed by atoms with Crippen LogP contribution in [0.4, 0.5) is 15.8 Å². The number of halogens is 3. The van der Waals surface area contributed by atoms with Gasteiger partial charge in [-0.1, -0.05) is 62.2 Å². The summed E-state index contributed by atoms with van der Waals surface area (Å²) >= 11 is 12.5. The van der Waals surface area contributed by atoms with Gasteiger partial charge in [0.15, 0.2) is 0 Å². The normalized spacial score (nSPS) is 23.8. The van der Waals surface area contributed by atoms with Gasteiger partial charge in [-0.05, 0) is 41.2 Å². The van der Waals surface area contributed by atoms with Crippen molar-refractivity contribution in [1.82, 2.24) is 15.3 Å². The van der Waals surface area contributed by atoms with Crippen molar-refractivity contribution >= 4 is 46.4 Å². The Bertz CT molecular complexity index is 1520. The molecule has 2 aliphatic rings. The zero-order valence-corrected chi connectivity index (χ0v) is 22.9. The molecule has 4 atom stereocenters. The van der Waals surface area contributed by atoms with Gasteiger partial charge in [0, 0.05) is 22.7 Å². The molecule has 2 aromatic carbocycles. The third kappa shape index (κ3) is 4.63. The standard InChI is InChI=1S/C28H25Cl2FN6O2/c1-27(2,3)10-20-28(17-8-7-14(29)9-19(17)36-26(28)39)22(16-5-4-6-18(30)23(16)31)24(37-20)25(38)35-15-12-33-21(11-32)34-13-15/h4-9,12-13,20,22,24,37H,10H2,1-3H3,(H,35,38)(H,36,39). The van der Waals surface area contributed by atoms with E-state index in [1.807, 2.05) is 26.8 Å². The summed E-state index contributed by atoms with van der Waals surface area (Å²) in [5, 5.41) is 18.4. The first-order valence-electron chi connectivity index (χ1n) is 12.3. The van der Waals surface area contributed by atoms with Crippen LogP contribution >= 0.6 is 23.2 Å². The number of fused-ring (bicyclic) bond motifs is 2. The lowest BCUT2D eigenvalue weighted by Crippen LogP contribution is -2.49. The van der Waals surface area contributed by atoms with E-state index in [1.165, 1.54) is 18.5 Å². The fourth-order valence-corrected chi connectivity index (χ4v) is 6.18. The summed E-state index contributed by atoms with van der Waals surface area (Å²) < 4.78 is 15.8. The van der Waals surface area contributed by atoms with Crippen LogP contribution < -0.4 is 16.0 Å². The topological polar surface area (TPSA) is 120 Å². The quantitative estimate of drug-likeness (QED) is 0.400. The second-order valence-electron chi connectivity index (χ2n) is 11.0. The number of rotatable bonds is 4. The molecule has 3 heterocycles. The molecule has 8 nitrogen and oxygen atoms in total. The third-order valence-corrected chi connectivity index (χ3v) is 7.77. The molecule has 5 rings (SSSR count). The van der Waals surface area contributed by atoms with E-state index in [0.717, 1.165) is 0 Å². The fourth-order valence-electron chi connectivity index (χ4n) is 5.82. The molecule has 1 saturated heterocycles. The molecule has 2 amide bonds. The minimum Gasteiger partial charge on any atom is -0.325 e. The number of benzene rings is 2. The number of carbonyl (C=O) groups excluding carboxylic acids is 2. The van der Waals surface area contributed by atoms with Crippen molar-refractivity contribution in [1.29, 1.82) is 5.26 Å². The second-order valence-corrected chi connectivity index (χ2v) is 11.8. The molecule has 200 valence electrons. The maximum atomic E-state index is 15.8. The van der Waals surface area contributed by atoms with Gasteiger partial charge in [-0.2, -0.15) is 5.26 Å². The van der Waals surface area contributed by atoms with Gasteiger partial charge in [-0.25, -0.2) is 14.4 Å². The highest BCUT2D eigenvalue weighted by Gasteiger charge is 2.66. The number of hydrogen-bond donors (Lipinski definition) is 3. The van der Waals surface area contributed by atoms with Gasteiger partial charge in [0.25, 0.3) is 0 Å². The Hall–Kier alpha value is -3.58. The summed E-state index contributed by atoms with van der Waals surface area (Å²) in [5.74, 6) is -2.60. The lowest BCUT2D eigenvalue weighted by Gasteiger charge is -2.37. The molecule has 4 unspecified atom stereocenters. The van der Waals surface area contributed by atoms with Crippen molar-refractivity contribution in [2.24, 2.45) is 5.41 Å². The van der Waals surface area contributed by atoms with Crippen molar-refractivity contribution in [2.75, 3.05) is 10.6 Å². The molecular weight excluding hydrogens is 542 g/mol. The highest BCUT2D eigenvalue weighted by molar-refractivity contribution is 6.31. The highest BCUT2D eigenvalue weighted by atomic mass is 35.5. The molecule has 39 heavy (non-hydrogen) atoms. The first kappa shape index (κ1) is 27.0. The lowest BCUT2D eigenvalue weighted by atomic mass is 9.62. The van der Waals surface area contributed by atoms with Crippen molar-refractivity contribution in [3.8, 4) is 6.07 Å². The molecular formula is C28H25Cl2FN6O2. The number of anilines is 2. The molecule has 1 spiro atoms. The molecule has 3 N–H and O–H groups in total. The Labute approximate surface area is 234 Å². The van der Waals surface area contributed by atoms with Crippen LogP contribution in [0.2, 0.25) is 10.0 Å². The van der Waals surface area contributed by atoms with E-state index in [2.05, 4.69) is 25.9 Å². The Morgan fingerprint density at radius 2 is 1.92 bits per heavy atom. The van der Waals surface area contributed by atoms with Crippen LogP contribution in [0.25, 0.3) is 0 Å². The Morgan fingerprint density at radius 1 is 1.21 bits per heavy atom. The molecule has 0 saturated carbocycles. The molecule has 0 bridgehead atoms. The van der Waals surface area contributed by atoms with E-state index >= 15 is 4.39 Å². The van der Waals surface area contributed by atoms with Crippen molar-refractivity contribution in [3.63, 3.8) is 0 Å². The zero-order chi connectivity index (χ0) is 28.1. The van der Waals surface area contributed by atoms with Gasteiger partial charge >= 0.3 is 0 Å². The van der Waals surface area contributed by atoms with Crippen molar-refractivity contribution in [2.45, 2.75) is 50.6 Å². The third-order valence-electron chi connectivity index (χ3n) is 7.24. The van der Waals surface area contributed by atoms with Crippen LogP contribution in [-0.4, -0.2) is 33.9 Å². The summed E-state index contributed by atoms with van der Waals surface area (Å²) in [6.07, 6.45) is 3.12. The predicted octanol–water partition coefficient (Wildman–Crippen LogP) is 5.18. The lowest BCUT2D eigenvalue weighted by molar-refractivity contribution is -0.122. The Kier molecular flexibility index (Phi) is 6.83. The summed E-state index contributed by atoms with van der Waals surface area (Å²) in [4.78, 5) is 35.8. The van der Waals surface area contributed by atoms with E-state index in [0.29, 0.717) is 22.7 Å². The number of nitrogens with one attached hydrogen (secondary N) is 3. The Morgan fingerprint density at radius 3 is 2.59 bits per heavy atom. The van der Waals surface area contributed by atoms with Gasteiger partial charge in [0.2, 0.25) is 17.6 Å². The summed E-state index contributed by atoms with van der Waals surface area (Å²) in [5.41, 5.74) is -0.0866. The minimum absolute atomic E-state index is 0.0482. The van der Waals surface area contributed by atoms with Gasteiger partial charge in [-0.3, -0.25) is 9.59 Å². The summed E-state index contributed by atoms with van der Waals surface area (Å²) in [7, 11) is 0. The fraction of sp³-hybridized carbons (Fsp3) is 0.321. The molecule has 0 aliphatic carbocycles.